The third-order valence-corrected chi connectivity index (χ3v) is 7.85. The lowest BCUT2D eigenvalue weighted by Crippen LogP contribution is -2.49. The second-order valence-corrected chi connectivity index (χ2v) is 10.0. The number of urea groups is 1. The van der Waals surface area contributed by atoms with Gasteiger partial charge in [-0.15, -0.1) is 0 Å². The first-order valence-corrected chi connectivity index (χ1v) is 13.2. The van der Waals surface area contributed by atoms with Crippen molar-refractivity contribution in [2.24, 2.45) is 0 Å². The van der Waals surface area contributed by atoms with E-state index in [-0.39, 0.29) is 11.9 Å². The van der Waals surface area contributed by atoms with E-state index in [2.05, 4.69) is 22.3 Å². The fraction of sp³-hybridized carbons (Fsp3) is 0.133. The van der Waals surface area contributed by atoms with Crippen LogP contribution in [0.2, 0.25) is 0 Å². The topological polar surface area (TPSA) is 55.9 Å². The van der Waals surface area contributed by atoms with Gasteiger partial charge in [0.1, 0.15) is 0 Å². The van der Waals surface area contributed by atoms with E-state index in [0.717, 1.165) is 34.3 Å². The zero-order chi connectivity index (χ0) is 25.2. The molecule has 1 saturated heterocycles. The molecule has 6 nitrogen and oxygen atoms in total. The lowest BCUT2D eigenvalue weighted by Gasteiger charge is -2.36. The molecule has 37 heavy (non-hydrogen) atoms. The van der Waals surface area contributed by atoms with E-state index in [1.165, 1.54) is 5.69 Å². The zero-order valence-corrected chi connectivity index (χ0v) is 21.0. The molecule has 0 bridgehead atoms. The summed E-state index contributed by atoms with van der Waals surface area (Å²) in [5, 5.41) is 3.04. The number of nitrogens with zero attached hydrogens (tertiary/aromatic N) is 3. The molecule has 2 aliphatic rings. The minimum Gasteiger partial charge on any atom is -0.368 e. The average molecular weight is 507 g/mol. The Morgan fingerprint density at radius 1 is 0.649 bits per heavy atom. The Kier molecular flexibility index (Phi) is 6.28. The Hall–Kier alpha value is -4.23. The summed E-state index contributed by atoms with van der Waals surface area (Å²) >= 11 is 1.65. The molecule has 1 N–H and O–H groups in total. The first-order valence-electron chi connectivity index (χ1n) is 12.3. The molecule has 7 heteroatoms. The van der Waals surface area contributed by atoms with Crippen LogP contribution >= 0.6 is 11.8 Å². The van der Waals surface area contributed by atoms with Gasteiger partial charge >= 0.3 is 6.03 Å². The van der Waals surface area contributed by atoms with Crippen LogP contribution in [-0.4, -0.2) is 43.0 Å². The van der Waals surface area contributed by atoms with Crippen molar-refractivity contribution in [2.45, 2.75) is 9.79 Å². The number of benzene rings is 4. The first-order chi connectivity index (χ1) is 18.2. The highest BCUT2D eigenvalue weighted by Crippen LogP contribution is 2.48. The van der Waals surface area contributed by atoms with Crippen molar-refractivity contribution in [1.29, 1.82) is 0 Å². The van der Waals surface area contributed by atoms with Gasteiger partial charge in [0, 0.05) is 41.7 Å². The molecule has 2 aliphatic heterocycles. The van der Waals surface area contributed by atoms with Crippen LogP contribution in [0.25, 0.3) is 0 Å². The molecule has 0 unspecified atom stereocenters. The smallest absolute Gasteiger partial charge is 0.331 e. The number of carbonyl (C=O) groups excluding carboxylic acids is 2. The number of anilines is 4. The molecule has 184 valence electrons. The van der Waals surface area contributed by atoms with Gasteiger partial charge < -0.3 is 15.1 Å². The molecule has 6 rings (SSSR count). The lowest BCUT2D eigenvalue weighted by atomic mass is 10.1. The summed E-state index contributed by atoms with van der Waals surface area (Å²) in [6, 6.07) is 33.0. The van der Waals surface area contributed by atoms with Crippen molar-refractivity contribution in [2.75, 3.05) is 41.3 Å². The summed E-state index contributed by atoms with van der Waals surface area (Å²) in [7, 11) is 0. The van der Waals surface area contributed by atoms with Gasteiger partial charge in [0.2, 0.25) is 0 Å². The molecule has 0 aromatic heterocycles. The predicted molar refractivity (Wildman–Crippen MR) is 149 cm³/mol. The Morgan fingerprint density at radius 2 is 1.22 bits per heavy atom. The molecular formula is C30H26N4O2S. The van der Waals surface area contributed by atoms with Gasteiger partial charge in [-0.05, 0) is 48.5 Å². The van der Waals surface area contributed by atoms with Gasteiger partial charge in [-0.3, -0.25) is 9.69 Å². The molecule has 0 saturated carbocycles. The molecular weight excluding hydrogens is 480 g/mol. The Morgan fingerprint density at radius 3 is 1.89 bits per heavy atom. The van der Waals surface area contributed by atoms with Gasteiger partial charge in [0.15, 0.2) is 0 Å². The van der Waals surface area contributed by atoms with E-state index >= 15 is 0 Å². The maximum absolute atomic E-state index is 13.7. The molecule has 1 fully saturated rings. The second-order valence-electron chi connectivity index (χ2n) is 8.96. The molecule has 0 atom stereocenters. The van der Waals surface area contributed by atoms with Crippen LogP contribution in [0.4, 0.5) is 27.5 Å². The van der Waals surface area contributed by atoms with Gasteiger partial charge in [-0.2, -0.15) is 0 Å². The molecule has 3 amide bonds. The Labute approximate surface area is 220 Å². The monoisotopic (exact) mass is 506 g/mol. The highest BCUT2D eigenvalue weighted by atomic mass is 32.2. The molecule has 0 radical (unpaired) electrons. The van der Waals surface area contributed by atoms with E-state index in [0.29, 0.717) is 24.3 Å². The fourth-order valence-corrected chi connectivity index (χ4v) is 5.91. The lowest BCUT2D eigenvalue weighted by molar-refractivity contribution is 0.0748. The SMILES string of the molecule is O=C(c1ccccc1NC(=O)N1c2ccccc2Sc2ccccc21)N1CCN(c2ccccc2)CC1. The van der Waals surface area contributed by atoms with Gasteiger partial charge in [0.25, 0.3) is 5.91 Å². The summed E-state index contributed by atoms with van der Waals surface area (Å²) in [6.07, 6.45) is 0. The zero-order valence-electron chi connectivity index (χ0n) is 20.2. The largest absolute Gasteiger partial charge is 0.368 e. The summed E-state index contributed by atoms with van der Waals surface area (Å²) in [6.45, 7) is 2.78. The van der Waals surface area contributed by atoms with Crippen molar-refractivity contribution in [3.05, 3.63) is 109 Å². The van der Waals surface area contributed by atoms with Crippen molar-refractivity contribution in [1.82, 2.24) is 4.90 Å². The van der Waals surface area contributed by atoms with Crippen molar-refractivity contribution >= 4 is 46.4 Å². The number of piperazine rings is 1. The Balaban J connectivity index is 1.22. The molecule has 2 heterocycles. The van der Waals surface area contributed by atoms with Crippen LogP contribution < -0.4 is 15.1 Å². The van der Waals surface area contributed by atoms with Crippen molar-refractivity contribution in [3.63, 3.8) is 0 Å². The number of amides is 3. The molecule has 0 aliphatic carbocycles. The average Bonchev–Trinajstić information content (AvgIpc) is 2.96. The number of hydrogen-bond donors (Lipinski definition) is 1. The van der Waals surface area contributed by atoms with E-state index in [1.54, 1.807) is 28.8 Å². The third kappa shape index (κ3) is 4.54. The number of rotatable bonds is 3. The number of nitrogens with one attached hydrogen (secondary N) is 1. The van der Waals surface area contributed by atoms with Gasteiger partial charge in [-0.25, -0.2) is 4.79 Å². The highest BCUT2D eigenvalue weighted by Gasteiger charge is 2.29. The number of carbonyl (C=O) groups is 2. The van der Waals surface area contributed by atoms with Crippen LogP contribution in [0.5, 0.6) is 0 Å². The van der Waals surface area contributed by atoms with Crippen LogP contribution in [0.3, 0.4) is 0 Å². The second kappa shape index (κ2) is 10.0. The first kappa shape index (κ1) is 23.2. The quantitative estimate of drug-likeness (QED) is 0.345. The van der Waals surface area contributed by atoms with Crippen molar-refractivity contribution < 1.29 is 9.59 Å². The van der Waals surface area contributed by atoms with E-state index in [1.807, 2.05) is 83.8 Å². The summed E-state index contributed by atoms with van der Waals surface area (Å²) < 4.78 is 0. The van der Waals surface area contributed by atoms with E-state index in [4.69, 9.17) is 0 Å². The minimum absolute atomic E-state index is 0.0707. The minimum atomic E-state index is -0.297. The highest BCUT2D eigenvalue weighted by molar-refractivity contribution is 7.99. The Bertz CT molecular complexity index is 1410. The van der Waals surface area contributed by atoms with Crippen LogP contribution in [0.15, 0.2) is 113 Å². The number of hydrogen-bond acceptors (Lipinski definition) is 4. The number of fused-ring (bicyclic) bond motifs is 2. The third-order valence-electron chi connectivity index (χ3n) is 6.72. The normalized spacial score (nSPS) is 14.5. The van der Waals surface area contributed by atoms with Gasteiger partial charge in [-0.1, -0.05) is 66.4 Å². The maximum Gasteiger partial charge on any atom is 0.331 e. The van der Waals surface area contributed by atoms with Crippen molar-refractivity contribution in [3.8, 4) is 0 Å². The standard InChI is InChI=1S/C30H26N4O2S/c35-29(33-20-18-32(19-21-33)22-10-2-1-3-11-22)23-12-4-5-13-24(23)31-30(36)34-25-14-6-8-16-27(25)37-28-17-9-7-15-26(28)34/h1-17H,18-21H2,(H,31,36). The van der Waals surface area contributed by atoms with Crippen LogP contribution in [0.1, 0.15) is 10.4 Å². The maximum atomic E-state index is 13.7. The molecule has 0 spiro atoms. The summed E-state index contributed by atoms with van der Waals surface area (Å²) in [4.78, 5) is 35.2. The molecule has 4 aromatic carbocycles. The molecule has 4 aromatic rings. The predicted octanol–water partition coefficient (Wildman–Crippen LogP) is 6.48. The van der Waals surface area contributed by atoms with E-state index in [9.17, 15) is 9.59 Å². The van der Waals surface area contributed by atoms with Crippen LogP contribution in [-0.2, 0) is 0 Å². The summed E-state index contributed by atoms with van der Waals surface area (Å²) in [5.74, 6) is -0.0707. The van der Waals surface area contributed by atoms with E-state index < -0.39 is 0 Å². The van der Waals surface area contributed by atoms with Crippen LogP contribution in [0, 0.1) is 0 Å². The summed E-state index contributed by atoms with van der Waals surface area (Å²) in [5.41, 5.74) is 3.82. The number of para-hydroxylation sites is 4. The fourth-order valence-electron chi connectivity index (χ4n) is 4.85. The van der Waals surface area contributed by atoms with Gasteiger partial charge in [0.05, 0.1) is 22.6 Å².